The summed E-state index contributed by atoms with van der Waals surface area (Å²) in [6.07, 6.45) is 0. The number of amidine groups is 1. The molecule has 2 atom stereocenters. The first-order chi connectivity index (χ1) is 18.5. The molecular weight excluding hydrogens is 510 g/mol. The second-order valence-electron chi connectivity index (χ2n) is 9.18. The summed E-state index contributed by atoms with van der Waals surface area (Å²) in [6, 6.07) is 28.3. The highest BCUT2D eigenvalue weighted by Crippen LogP contribution is 2.52. The third-order valence-corrected chi connectivity index (χ3v) is 9.52. The number of hydrogen-bond acceptors (Lipinski definition) is 7. The summed E-state index contributed by atoms with van der Waals surface area (Å²) in [6.45, 7) is 5.36. The molecule has 2 saturated heterocycles. The molecule has 0 spiro atoms. The van der Waals surface area contributed by atoms with Gasteiger partial charge in [0.15, 0.2) is 5.17 Å². The van der Waals surface area contributed by atoms with Crippen LogP contribution in [-0.2, 0) is 11.3 Å². The first-order valence-electron chi connectivity index (χ1n) is 12.6. The van der Waals surface area contributed by atoms with Crippen LogP contribution in [0.15, 0.2) is 93.8 Å². The number of thioether (sulfide) groups is 2. The number of nitriles is 1. The van der Waals surface area contributed by atoms with E-state index in [4.69, 9.17) is 4.99 Å². The van der Waals surface area contributed by atoms with Gasteiger partial charge in [0.05, 0.1) is 39.8 Å². The van der Waals surface area contributed by atoms with Gasteiger partial charge in [0.1, 0.15) is 4.91 Å². The van der Waals surface area contributed by atoms with E-state index in [1.54, 1.807) is 28.8 Å². The molecule has 1 amide bonds. The molecule has 3 aromatic rings. The van der Waals surface area contributed by atoms with E-state index in [0.717, 1.165) is 22.8 Å². The number of hydrogen-bond donors (Lipinski definition) is 1. The molecule has 2 fully saturated rings. The van der Waals surface area contributed by atoms with Gasteiger partial charge in [-0.3, -0.25) is 9.69 Å². The lowest BCUT2D eigenvalue weighted by atomic mass is 10.1. The van der Waals surface area contributed by atoms with Gasteiger partial charge in [0, 0.05) is 19.6 Å². The minimum atomic E-state index is -0.0469. The fourth-order valence-corrected chi connectivity index (χ4v) is 7.28. The molecule has 2 heterocycles. The highest BCUT2D eigenvalue weighted by molar-refractivity contribution is 8.19. The lowest BCUT2D eigenvalue weighted by Gasteiger charge is -2.21. The van der Waals surface area contributed by atoms with Gasteiger partial charge in [0.25, 0.3) is 5.91 Å². The Kier molecular flexibility index (Phi) is 7.77. The summed E-state index contributed by atoms with van der Waals surface area (Å²) in [5.74, 6) is -0.0469. The topological polar surface area (TPSA) is 71.7 Å². The molecule has 3 aromatic carbocycles. The maximum absolute atomic E-state index is 14.0. The lowest BCUT2D eigenvalue weighted by Crippen LogP contribution is -2.29. The quantitative estimate of drug-likeness (QED) is 0.350. The summed E-state index contributed by atoms with van der Waals surface area (Å²) >= 11 is 3.16. The van der Waals surface area contributed by atoms with Gasteiger partial charge in [-0.1, -0.05) is 72.4 Å². The molecule has 0 aliphatic carbocycles. The summed E-state index contributed by atoms with van der Waals surface area (Å²) in [4.78, 5) is 23.6. The van der Waals surface area contributed by atoms with Crippen LogP contribution < -0.4 is 5.32 Å². The van der Waals surface area contributed by atoms with Gasteiger partial charge in [-0.15, -0.1) is 0 Å². The van der Waals surface area contributed by atoms with Gasteiger partial charge in [-0.25, -0.2) is 4.99 Å². The minimum absolute atomic E-state index is 0.0469. The zero-order valence-electron chi connectivity index (χ0n) is 21.6. The first-order valence-corrected chi connectivity index (χ1v) is 14.3. The van der Waals surface area contributed by atoms with Crippen molar-refractivity contribution in [2.24, 2.45) is 4.99 Å². The smallest absolute Gasteiger partial charge is 0.269 e. The van der Waals surface area contributed by atoms with E-state index in [1.807, 2.05) is 49.4 Å². The first kappa shape index (κ1) is 26.0. The van der Waals surface area contributed by atoms with Crippen LogP contribution in [-0.4, -0.2) is 40.5 Å². The number of nitrogens with zero attached hydrogens (tertiary/aromatic N) is 4. The second-order valence-corrected chi connectivity index (χ2v) is 11.3. The Hall–Kier alpha value is -3.67. The maximum Gasteiger partial charge on any atom is 0.269 e. The number of likely N-dealkylation sites (N-methyl/N-ethyl adjacent to an activating group) is 1. The van der Waals surface area contributed by atoms with Gasteiger partial charge in [0.2, 0.25) is 0 Å². The van der Waals surface area contributed by atoms with Crippen LogP contribution in [0.5, 0.6) is 0 Å². The van der Waals surface area contributed by atoms with Crippen LogP contribution in [0.4, 0.5) is 11.4 Å². The zero-order chi connectivity index (χ0) is 26.6. The third-order valence-electron chi connectivity index (χ3n) is 6.69. The number of nitrogens with one attached hydrogen (secondary N) is 1. The van der Waals surface area contributed by atoms with E-state index in [0.29, 0.717) is 27.9 Å². The molecule has 8 heteroatoms. The van der Waals surface area contributed by atoms with Gasteiger partial charge in [-0.2, -0.15) is 5.26 Å². The average Bonchev–Trinajstić information content (AvgIpc) is 3.41. The number of benzene rings is 3. The Morgan fingerprint density at radius 2 is 1.76 bits per heavy atom. The molecule has 0 bridgehead atoms. The number of carbonyl (C=O) groups is 1. The van der Waals surface area contributed by atoms with Crippen LogP contribution in [0.2, 0.25) is 0 Å². The normalized spacial score (nSPS) is 22.3. The molecule has 0 aromatic heterocycles. The van der Waals surface area contributed by atoms with Crippen molar-refractivity contribution in [1.82, 2.24) is 9.80 Å². The van der Waals surface area contributed by atoms with Gasteiger partial charge >= 0.3 is 0 Å². The van der Waals surface area contributed by atoms with Crippen LogP contribution in [0, 0.1) is 11.3 Å². The zero-order valence-corrected chi connectivity index (χ0v) is 23.2. The number of amides is 1. The van der Waals surface area contributed by atoms with Crippen molar-refractivity contribution in [2.75, 3.05) is 18.9 Å². The molecule has 1 N–H and O–H groups in total. The van der Waals surface area contributed by atoms with E-state index in [-0.39, 0.29) is 17.2 Å². The predicted octanol–water partition coefficient (Wildman–Crippen LogP) is 6.73. The van der Waals surface area contributed by atoms with Crippen molar-refractivity contribution in [3.63, 3.8) is 0 Å². The Labute approximate surface area is 232 Å². The van der Waals surface area contributed by atoms with Crippen LogP contribution in [0.25, 0.3) is 0 Å². The molecule has 0 saturated carbocycles. The largest absolute Gasteiger partial charge is 0.384 e. The Balaban J connectivity index is 1.57. The summed E-state index contributed by atoms with van der Waals surface area (Å²) in [5.41, 5.74) is 4.29. The lowest BCUT2D eigenvalue weighted by molar-refractivity contribution is -0.122. The second kappa shape index (κ2) is 11.4. The fourth-order valence-electron chi connectivity index (χ4n) is 4.55. The summed E-state index contributed by atoms with van der Waals surface area (Å²) in [7, 11) is 2.06. The van der Waals surface area contributed by atoms with Crippen molar-refractivity contribution in [2.45, 2.75) is 31.7 Å². The number of rotatable bonds is 6. The van der Waals surface area contributed by atoms with Crippen LogP contribution in [0.3, 0.4) is 0 Å². The van der Waals surface area contributed by atoms with Crippen molar-refractivity contribution < 1.29 is 4.79 Å². The summed E-state index contributed by atoms with van der Waals surface area (Å²) < 4.78 is 0. The Bertz CT molecular complexity index is 1430. The molecule has 2 aliphatic heterocycles. The fraction of sp³-hybridized carbons (Fsp3) is 0.233. The van der Waals surface area contributed by atoms with Crippen molar-refractivity contribution in [1.29, 1.82) is 5.26 Å². The molecule has 2 aliphatic rings. The Morgan fingerprint density at radius 3 is 2.45 bits per heavy atom. The summed E-state index contributed by atoms with van der Waals surface area (Å²) in [5, 5.41) is 14.6. The van der Waals surface area contributed by atoms with E-state index in [9.17, 15) is 10.1 Å². The molecule has 5 rings (SSSR count). The number of anilines is 1. The monoisotopic (exact) mass is 539 g/mol. The average molecular weight is 540 g/mol. The van der Waals surface area contributed by atoms with E-state index >= 15 is 0 Å². The minimum Gasteiger partial charge on any atom is -0.384 e. The molecule has 192 valence electrons. The third kappa shape index (κ3) is 5.17. The van der Waals surface area contributed by atoms with E-state index in [1.165, 1.54) is 17.3 Å². The standard InChI is InChI=1S/C30H29N5OS2/c1-4-32-24-16-15-22(18-31)17-25(24)33-30-35(19-21-11-7-5-8-12-21)28(36)27(38-30)29-34(3)20(2)26(37-29)23-13-9-6-10-14-23/h5-17,20,26,32H,4,19H2,1-3H3. The van der Waals surface area contributed by atoms with E-state index in [2.05, 4.69) is 54.5 Å². The molecular formula is C30H29N5OS2. The molecule has 2 unspecified atom stereocenters. The maximum atomic E-state index is 14.0. The molecule has 38 heavy (non-hydrogen) atoms. The highest BCUT2D eigenvalue weighted by Gasteiger charge is 2.42. The SMILES string of the molecule is CCNc1ccc(C#N)cc1N=C1SC(=C2SC(c3ccccc3)C(C)N2C)C(=O)N1Cc1ccccc1. The van der Waals surface area contributed by atoms with Gasteiger partial charge in [-0.05, 0) is 54.9 Å². The van der Waals surface area contributed by atoms with Crippen LogP contribution in [0.1, 0.15) is 35.8 Å². The van der Waals surface area contributed by atoms with E-state index < -0.39 is 0 Å². The van der Waals surface area contributed by atoms with Gasteiger partial charge < -0.3 is 10.2 Å². The molecule has 6 nitrogen and oxygen atoms in total. The highest BCUT2D eigenvalue weighted by atomic mass is 32.2. The number of carbonyl (C=O) groups excluding carboxylic acids is 1. The van der Waals surface area contributed by atoms with Crippen molar-refractivity contribution >= 4 is 46.0 Å². The Morgan fingerprint density at radius 1 is 1.05 bits per heavy atom. The van der Waals surface area contributed by atoms with Crippen molar-refractivity contribution in [3.8, 4) is 6.07 Å². The van der Waals surface area contributed by atoms with Crippen molar-refractivity contribution in [3.05, 3.63) is 105 Å². The number of aliphatic imine (C=N–C) groups is 1. The molecule has 0 radical (unpaired) electrons. The predicted molar refractivity (Wildman–Crippen MR) is 158 cm³/mol. The van der Waals surface area contributed by atoms with Crippen LogP contribution >= 0.6 is 23.5 Å².